The molecule has 0 radical (unpaired) electrons. The Labute approximate surface area is 145 Å². The van der Waals surface area contributed by atoms with Crippen molar-refractivity contribution in [3.8, 4) is 0 Å². The molecule has 0 atom stereocenters. The molecule has 2 aliphatic rings. The van der Waals surface area contributed by atoms with E-state index in [2.05, 4.69) is 16.0 Å². The van der Waals surface area contributed by atoms with Gasteiger partial charge in [-0.3, -0.25) is 9.59 Å². The number of nitrogens with one attached hydrogen (secondary N) is 3. The molecule has 25 heavy (non-hydrogen) atoms. The number of benzene rings is 2. The normalized spacial score (nSPS) is 17.9. The molecule has 0 saturated carbocycles. The Morgan fingerprint density at radius 2 is 1.84 bits per heavy atom. The number of para-hydroxylation sites is 1. The van der Waals surface area contributed by atoms with Gasteiger partial charge in [-0.15, -0.1) is 0 Å². The van der Waals surface area contributed by atoms with E-state index in [0.717, 1.165) is 29.2 Å². The SMILES string of the molecule is O=C1CN(c2ccc(N/C=C3/C(=O)Nc4ccccc43)cc2)CCN1. The predicted octanol–water partition coefficient (Wildman–Crippen LogP) is 2.03. The zero-order valence-electron chi connectivity index (χ0n) is 13.6. The van der Waals surface area contributed by atoms with Crippen LogP contribution in [-0.2, 0) is 9.59 Å². The van der Waals surface area contributed by atoms with Crippen LogP contribution in [-0.4, -0.2) is 31.4 Å². The Morgan fingerprint density at radius 3 is 2.64 bits per heavy atom. The lowest BCUT2D eigenvalue weighted by molar-refractivity contribution is -0.120. The van der Waals surface area contributed by atoms with Crippen molar-refractivity contribution in [2.45, 2.75) is 0 Å². The molecule has 3 N–H and O–H groups in total. The molecule has 2 aliphatic heterocycles. The summed E-state index contributed by atoms with van der Waals surface area (Å²) in [5.41, 5.74) is 4.24. The highest BCUT2D eigenvalue weighted by atomic mass is 16.2. The molecule has 126 valence electrons. The van der Waals surface area contributed by atoms with Crippen molar-refractivity contribution in [2.24, 2.45) is 0 Å². The van der Waals surface area contributed by atoms with Gasteiger partial charge in [0.15, 0.2) is 0 Å². The maximum Gasteiger partial charge on any atom is 0.257 e. The molecule has 4 rings (SSSR count). The Kier molecular flexibility index (Phi) is 3.85. The largest absolute Gasteiger partial charge is 0.361 e. The van der Waals surface area contributed by atoms with Crippen molar-refractivity contribution < 1.29 is 9.59 Å². The van der Waals surface area contributed by atoms with E-state index in [1.165, 1.54) is 0 Å². The minimum Gasteiger partial charge on any atom is -0.361 e. The minimum atomic E-state index is -0.107. The number of carbonyl (C=O) groups excluding carboxylic acids is 2. The molecule has 0 bridgehead atoms. The third-order valence-corrected chi connectivity index (χ3v) is 4.36. The van der Waals surface area contributed by atoms with Crippen LogP contribution >= 0.6 is 0 Å². The molecular formula is C19H18N4O2. The summed E-state index contributed by atoms with van der Waals surface area (Å²) in [4.78, 5) is 25.6. The van der Waals surface area contributed by atoms with Gasteiger partial charge in [-0.2, -0.15) is 0 Å². The van der Waals surface area contributed by atoms with E-state index in [1.807, 2.05) is 53.4 Å². The highest BCUT2D eigenvalue weighted by molar-refractivity contribution is 6.31. The molecule has 2 aromatic rings. The number of nitrogens with zero attached hydrogens (tertiary/aromatic N) is 1. The van der Waals surface area contributed by atoms with Gasteiger partial charge in [0.1, 0.15) is 0 Å². The molecule has 2 amide bonds. The van der Waals surface area contributed by atoms with Gasteiger partial charge in [0, 0.05) is 41.9 Å². The quantitative estimate of drug-likeness (QED) is 0.751. The monoisotopic (exact) mass is 334 g/mol. The van der Waals surface area contributed by atoms with Crippen LogP contribution in [0.25, 0.3) is 5.57 Å². The third kappa shape index (κ3) is 3.06. The zero-order chi connectivity index (χ0) is 17.2. The number of amides is 2. The van der Waals surface area contributed by atoms with Crippen molar-refractivity contribution in [2.75, 3.05) is 35.2 Å². The molecule has 6 heteroatoms. The third-order valence-electron chi connectivity index (χ3n) is 4.36. The van der Waals surface area contributed by atoms with Gasteiger partial charge in [0.2, 0.25) is 5.91 Å². The van der Waals surface area contributed by atoms with Gasteiger partial charge in [0.05, 0.1) is 12.1 Å². The van der Waals surface area contributed by atoms with E-state index in [4.69, 9.17) is 0 Å². The molecule has 0 unspecified atom stereocenters. The molecule has 6 nitrogen and oxygen atoms in total. The van der Waals surface area contributed by atoms with Crippen LogP contribution in [0.1, 0.15) is 5.56 Å². The van der Waals surface area contributed by atoms with Crippen LogP contribution in [0.3, 0.4) is 0 Å². The standard InChI is InChI=1S/C19H18N4O2/c24-18-12-23(10-9-20-18)14-7-5-13(6-8-14)21-11-16-15-3-1-2-4-17(15)22-19(16)25/h1-8,11,21H,9-10,12H2,(H,20,24)(H,22,25)/b16-11+. The van der Waals surface area contributed by atoms with Crippen LogP contribution in [0.15, 0.2) is 54.7 Å². The molecule has 0 spiro atoms. The maximum absolute atomic E-state index is 12.1. The first-order valence-corrected chi connectivity index (χ1v) is 8.20. The molecule has 0 aromatic heterocycles. The number of hydrogen-bond acceptors (Lipinski definition) is 4. The first kappa shape index (κ1) is 15.3. The number of hydrogen-bond donors (Lipinski definition) is 3. The van der Waals surface area contributed by atoms with E-state index in [0.29, 0.717) is 18.7 Å². The van der Waals surface area contributed by atoms with E-state index in [-0.39, 0.29) is 11.8 Å². The van der Waals surface area contributed by atoms with Crippen molar-refractivity contribution in [3.05, 3.63) is 60.3 Å². The van der Waals surface area contributed by atoms with E-state index < -0.39 is 0 Å². The van der Waals surface area contributed by atoms with E-state index in [9.17, 15) is 9.59 Å². The first-order valence-electron chi connectivity index (χ1n) is 8.20. The zero-order valence-corrected chi connectivity index (χ0v) is 13.6. The molecular weight excluding hydrogens is 316 g/mol. The summed E-state index contributed by atoms with van der Waals surface area (Å²) in [7, 11) is 0. The molecule has 2 heterocycles. The highest BCUT2D eigenvalue weighted by Crippen LogP contribution is 2.31. The summed E-state index contributed by atoms with van der Waals surface area (Å²) in [6.45, 7) is 1.85. The van der Waals surface area contributed by atoms with Crippen LogP contribution in [0.2, 0.25) is 0 Å². The van der Waals surface area contributed by atoms with Crippen LogP contribution < -0.4 is 20.9 Å². The van der Waals surface area contributed by atoms with Gasteiger partial charge in [-0.05, 0) is 30.3 Å². The maximum atomic E-state index is 12.1. The fraction of sp³-hybridized carbons (Fsp3) is 0.158. The number of rotatable bonds is 3. The summed E-state index contributed by atoms with van der Waals surface area (Å²) in [6, 6.07) is 15.5. The number of anilines is 3. The lowest BCUT2D eigenvalue weighted by Gasteiger charge is -2.28. The Balaban J connectivity index is 1.48. The van der Waals surface area contributed by atoms with Crippen molar-refractivity contribution >= 4 is 34.4 Å². The molecule has 0 aliphatic carbocycles. The lowest BCUT2D eigenvalue weighted by Crippen LogP contribution is -2.47. The predicted molar refractivity (Wildman–Crippen MR) is 98.3 cm³/mol. The van der Waals surface area contributed by atoms with Crippen molar-refractivity contribution in [3.63, 3.8) is 0 Å². The average Bonchev–Trinajstić information content (AvgIpc) is 2.95. The van der Waals surface area contributed by atoms with Gasteiger partial charge in [-0.1, -0.05) is 18.2 Å². The van der Waals surface area contributed by atoms with Crippen LogP contribution in [0.5, 0.6) is 0 Å². The Hall–Kier alpha value is -3.28. The summed E-state index contributed by atoms with van der Waals surface area (Å²) < 4.78 is 0. The Morgan fingerprint density at radius 1 is 1.04 bits per heavy atom. The second-order valence-electron chi connectivity index (χ2n) is 6.02. The van der Waals surface area contributed by atoms with Gasteiger partial charge in [-0.25, -0.2) is 0 Å². The highest BCUT2D eigenvalue weighted by Gasteiger charge is 2.23. The summed E-state index contributed by atoms with van der Waals surface area (Å²) >= 11 is 0. The topological polar surface area (TPSA) is 73.5 Å². The first-order chi connectivity index (χ1) is 12.2. The lowest BCUT2D eigenvalue weighted by atomic mass is 10.1. The summed E-state index contributed by atoms with van der Waals surface area (Å²) in [6.07, 6.45) is 1.73. The molecule has 2 aromatic carbocycles. The number of piperazine rings is 1. The minimum absolute atomic E-state index is 0.0455. The van der Waals surface area contributed by atoms with Gasteiger partial charge >= 0.3 is 0 Å². The van der Waals surface area contributed by atoms with Crippen LogP contribution in [0.4, 0.5) is 17.1 Å². The van der Waals surface area contributed by atoms with Gasteiger partial charge in [0.25, 0.3) is 5.91 Å². The van der Waals surface area contributed by atoms with Crippen molar-refractivity contribution in [1.82, 2.24) is 5.32 Å². The molecule has 1 fully saturated rings. The fourth-order valence-electron chi connectivity index (χ4n) is 3.07. The smallest absolute Gasteiger partial charge is 0.257 e. The Bertz CT molecular complexity index is 858. The number of fused-ring (bicyclic) bond motifs is 1. The van der Waals surface area contributed by atoms with Crippen molar-refractivity contribution in [1.29, 1.82) is 0 Å². The fourth-order valence-corrected chi connectivity index (χ4v) is 3.07. The average molecular weight is 334 g/mol. The van der Waals surface area contributed by atoms with E-state index >= 15 is 0 Å². The van der Waals surface area contributed by atoms with Gasteiger partial charge < -0.3 is 20.9 Å². The number of carbonyl (C=O) groups is 2. The molecule has 1 saturated heterocycles. The summed E-state index contributed by atoms with van der Waals surface area (Å²) in [5, 5.41) is 8.84. The van der Waals surface area contributed by atoms with E-state index in [1.54, 1.807) is 6.20 Å². The second-order valence-corrected chi connectivity index (χ2v) is 6.02. The second kappa shape index (κ2) is 6.32. The van der Waals surface area contributed by atoms with Crippen LogP contribution in [0, 0.1) is 0 Å². The summed E-state index contributed by atoms with van der Waals surface area (Å²) in [5.74, 6) is -0.0613.